The van der Waals surface area contributed by atoms with E-state index in [1.165, 1.54) is 6.20 Å². The van der Waals surface area contributed by atoms with Gasteiger partial charge in [0, 0.05) is 11.9 Å². The smallest absolute Gasteiger partial charge is 0.103 e. The lowest BCUT2D eigenvalue weighted by Crippen LogP contribution is -1.82. The molecule has 11 heavy (non-hydrogen) atoms. The second-order valence-corrected chi connectivity index (χ2v) is 2.11. The summed E-state index contributed by atoms with van der Waals surface area (Å²) in [5.41, 5.74) is 1.90. The third-order valence-electron chi connectivity index (χ3n) is 1.31. The molecule has 3 heteroatoms. The predicted octanol–water partition coefficient (Wildman–Crippen LogP) is 1.59. The molecule has 0 spiro atoms. The molecule has 0 bridgehead atoms. The van der Waals surface area contributed by atoms with Crippen molar-refractivity contribution in [2.24, 2.45) is 4.99 Å². The highest BCUT2D eigenvalue weighted by molar-refractivity contribution is 5.56. The van der Waals surface area contributed by atoms with Crippen LogP contribution in [0.15, 0.2) is 17.3 Å². The first-order valence-electron chi connectivity index (χ1n) is 3.11. The average Bonchev–Trinajstić information content (AvgIpc) is 2.04. The summed E-state index contributed by atoms with van der Waals surface area (Å²) in [5.74, 6) is 0. The molecule has 1 heterocycles. The Morgan fingerprint density at radius 3 is 3.00 bits per heavy atom. The van der Waals surface area contributed by atoms with Gasteiger partial charge in [-0.25, -0.2) is 0 Å². The number of nitrogens with zero attached hydrogens (tertiary/aromatic N) is 3. The summed E-state index contributed by atoms with van der Waals surface area (Å²) in [5, 5.41) is 8.56. The molecule has 3 nitrogen and oxygen atoms in total. The third-order valence-corrected chi connectivity index (χ3v) is 1.31. The Morgan fingerprint density at radius 1 is 1.73 bits per heavy atom. The Balaban J connectivity index is 3.30. The van der Waals surface area contributed by atoms with Crippen LogP contribution < -0.4 is 0 Å². The highest BCUT2D eigenvalue weighted by Gasteiger charge is 1.98. The number of hydrogen-bond acceptors (Lipinski definition) is 3. The van der Waals surface area contributed by atoms with Crippen molar-refractivity contribution in [1.82, 2.24) is 4.98 Å². The number of nitriles is 1. The number of aromatic nitrogens is 1. The lowest BCUT2D eigenvalue weighted by molar-refractivity contribution is 1.18. The highest BCUT2D eigenvalue weighted by Crippen LogP contribution is 2.16. The van der Waals surface area contributed by atoms with Crippen molar-refractivity contribution in [1.29, 1.82) is 5.26 Å². The van der Waals surface area contributed by atoms with Gasteiger partial charge in [-0.2, -0.15) is 5.26 Å². The monoisotopic (exact) mass is 145 g/mol. The van der Waals surface area contributed by atoms with Crippen LogP contribution in [-0.2, 0) is 0 Å². The fourth-order valence-electron chi connectivity index (χ4n) is 0.762. The topological polar surface area (TPSA) is 49.0 Å². The van der Waals surface area contributed by atoms with Gasteiger partial charge in [-0.15, -0.1) is 0 Å². The maximum Gasteiger partial charge on any atom is 0.103 e. The summed E-state index contributed by atoms with van der Waals surface area (Å²) in [4.78, 5) is 7.64. The van der Waals surface area contributed by atoms with Crippen molar-refractivity contribution in [3.05, 3.63) is 23.5 Å². The van der Waals surface area contributed by atoms with Gasteiger partial charge in [-0.1, -0.05) is 0 Å². The number of pyridine rings is 1. The van der Waals surface area contributed by atoms with Gasteiger partial charge >= 0.3 is 0 Å². The van der Waals surface area contributed by atoms with Gasteiger partial charge in [0.2, 0.25) is 0 Å². The zero-order chi connectivity index (χ0) is 8.27. The Hall–Kier alpha value is -1.69. The zero-order valence-corrected chi connectivity index (χ0v) is 6.20. The standard InChI is InChI=1S/C8H7N3/c1-6-3-8(10-2)7(4-9)5-11-6/h3,5H,2H2,1H3. The van der Waals surface area contributed by atoms with Crippen LogP contribution in [0.2, 0.25) is 0 Å². The summed E-state index contributed by atoms with van der Waals surface area (Å²) < 4.78 is 0. The van der Waals surface area contributed by atoms with Gasteiger partial charge in [0.15, 0.2) is 0 Å². The molecular formula is C8H7N3. The van der Waals surface area contributed by atoms with Crippen molar-refractivity contribution in [3.63, 3.8) is 0 Å². The summed E-state index contributed by atoms with van der Waals surface area (Å²) in [6, 6.07) is 3.71. The molecule has 0 N–H and O–H groups in total. The predicted molar refractivity (Wildman–Crippen MR) is 42.9 cm³/mol. The Labute approximate surface area is 65.0 Å². The second-order valence-electron chi connectivity index (χ2n) is 2.11. The van der Waals surface area contributed by atoms with Gasteiger partial charge in [0.1, 0.15) is 6.07 Å². The molecule has 1 rings (SSSR count). The maximum atomic E-state index is 8.56. The minimum atomic E-state index is 0.464. The van der Waals surface area contributed by atoms with Crippen molar-refractivity contribution in [3.8, 4) is 6.07 Å². The lowest BCUT2D eigenvalue weighted by atomic mass is 10.2. The number of aliphatic imine (C=N–C) groups is 1. The summed E-state index contributed by atoms with van der Waals surface area (Å²) in [6.07, 6.45) is 1.50. The highest BCUT2D eigenvalue weighted by atomic mass is 14.7. The third kappa shape index (κ3) is 1.41. The first-order chi connectivity index (χ1) is 5.27. The average molecular weight is 145 g/mol. The van der Waals surface area contributed by atoms with E-state index in [4.69, 9.17) is 5.26 Å². The van der Waals surface area contributed by atoms with Gasteiger partial charge in [0.25, 0.3) is 0 Å². The molecule has 0 atom stereocenters. The largest absolute Gasteiger partial charge is 0.263 e. The molecule has 0 aliphatic rings. The van der Waals surface area contributed by atoms with E-state index >= 15 is 0 Å². The number of aryl methyl sites for hydroxylation is 1. The van der Waals surface area contributed by atoms with Gasteiger partial charge < -0.3 is 0 Å². The Morgan fingerprint density at radius 2 is 2.45 bits per heavy atom. The molecule has 0 amide bonds. The molecule has 0 aliphatic heterocycles. The van der Waals surface area contributed by atoms with Gasteiger partial charge in [-0.05, 0) is 19.7 Å². The fourth-order valence-corrected chi connectivity index (χ4v) is 0.762. The van der Waals surface area contributed by atoms with Crippen LogP contribution in [0.3, 0.4) is 0 Å². The molecule has 1 aromatic rings. The van der Waals surface area contributed by atoms with E-state index in [2.05, 4.69) is 16.7 Å². The molecular weight excluding hydrogens is 138 g/mol. The van der Waals surface area contributed by atoms with Crippen LogP contribution in [0, 0.1) is 18.3 Å². The fraction of sp³-hybridized carbons (Fsp3) is 0.125. The minimum Gasteiger partial charge on any atom is -0.263 e. The van der Waals surface area contributed by atoms with Crippen molar-refractivity contribution in [2.75, 3.05) is 0 Å². The molecule has 0 radical (unpaired) electrons. The number of rotatable bonds is 1. The van der Waals surface area contributed by atoms with Crippen molar-refractivity contribution < 1.29 is 0 Å². The van der Waals surface area contributed by atoms with E-state index in [0.29, 0.717) is 11.3 Å². The molecule has 0 saturated carbocycles. The van der Waals surface area contributed by atoms with Crippen LogP contribution in [-0.4, -0.2) is 11.7 Å². The van der Waals surface area contributed by atoms with E-state index < -0.39 is 0 Å². The Kier molecular flexibility index (Phi) is 1.98. The molecule has 0 unspecified atom stereocenters. The van der Waals surface area contributed by atoms with Crippen LogP contribution in [0.5, 0.6) is 0 Å². The van der Waals surface area contributed by atoms with Crippen LogP contribution in [0.4, 0.5) is 5.69 Å². The molecule has 0 fully saturated rings. The normalized spacial score (nSPS) is 8.73. The van der Waals surface area contributed by atoms with Gasteiger partial charge in [-0.3, -0.25) is 9.98 Å². The molecule has 54 valence electrons. The van der Waals surface area contributed by atoms with Gasteiger partial charge in [0.05, 0.1) is 11.3 Å². The second kappa shape index (κ2) is 2.93. The molecule has 0 saturated heterocycles. The maximum absolute atomic E-state index is 8.56. The van der Waals surface area contributed by atoms with E-state index in [1.54, 1.807) is 6.07 Å². The van der Waals surface area contributed by atoms with E-state index in [-0.39, 0.29) is 0 Å². The van der Waals surface area contributed by atoms with E-state index in [0.717, 1.165) is 5.69 Å². The van der Waals surface area contributed by atoms with Crippen LogP contribution in [0.1, 0.15) is 11.3 Å². The SMILES string of the molecule is C=Nc1cc(C)ncc1C#N. The van der Waals surface area contributed by atoms with Crippen molar-refractivity contribution in [2.45, 2.75) is 6.92 Å². The van der Waals surface area contributed by atoms with E-state index in [1.807, 2.05) is 13.0 Å². The van der Waals surface area contributed by atoms with Crippen LogP contribution >= 0.6 is 0 Å². The lowest BCUT2D eigenvalue weighted by Gasteiger charge is -1.95. The first kappa shape index (κ1) is 7.42. The summed E-state index contributed by atoms with van der Waals surface area (Å²) >= 11 is 0. The molecule has 0 aromatic carbocycles. The molecule has 0 aliphatic carbocycles. The molecule has 1 aromatic heterocycles. The Bertz CT molecular complexity index is 323. The summed E-state index contributed by atoms with van der Waals surface area (Å²) in [7, 11) is 0. The van der Waals surface area contributed by atoms with Crippen LogP contribution in [0.25, 0.3) is 0 Å². The first-order valence-corrected chi connectivity index (χ1v) is 3.11. The number of hydrogen-bond donors (Lipinski definition) is 0. The van der Waals surface area contributed by atoms with E-state index in [9.17, 15) is 0 Å². The van der Waals surface area contributed by atoms with Crippen molar-refractivity contribution >= 4 is 12.4 Å². The zero-order valence-electron chi connectivity index (χ0n) is 6.20. The quantitative estimate of drug-likeness (QED) is 0.563. The summed E-state index contributed by atoms with van der Waals surface area (Å²) in [6.45, 7) is 5.19. The minimum absolute atomic E-state index is 0.464.